The Kier molecular flexibility index (Phi) is 1.67. The first kappa shape index (κ1) is 7.10. The van der Waals surface area contributed by atoms with E-state index in [0.717, 1.165) is 12.0 Å². The van der Waals surface area contributed by atoms with Crippen LogP contribution in [0.1, 0.15) is 0 Å². The smallest absolute Gasteiger partial charge is 0.146 e. The van der Waals surface area contributed by atoms with E-state index in [9.17, 15) is 4.79 Å². The lowest BCUT2D eigenvalue weighted by atomic mass is 10.3. The Bertz CT molecular complexity index is 310. The van der Waals surface area contributed by atoms with Gasteiger partial charge >= 0.3 is 0 Å². The molecule has 0 N–H and O–H groups in total. The molecule has 0 aromatic rings. The van der Waals surface area contributed by atoms with Crippen molar-refractivity contribution < 1.29 is 4.79 Å². The summed E-state index contributed by atoms with van der Waals surface area (Å²) >= 11 is 0. The third kappa shape index (κ3) is 1.01. The molecule has 0 radical (unpaired) electrons. The fourth-order valence-electron chi connectivity index (χ4n) is 1.35. The summed E-state index contributed by atoms with van der Waals surface area (Å²) in [5.74, 6) is 0. The number of hydrogen-bond acceptors (Lipinski definition) is 2. The molecule has 0 aromatic heterocycles. The van der Waals surface area contributed by atoms with Gasteiger partial charge in [0.15, 0.2) is 0 Å². The number of hydrogen-bond donors (Lipinski definition) is 0. The predicted octanol–water partition coefficient (Wildman–Crippen LogP) is 1.39. The van der Waals surface area contributed by atoms with Crippen LogP contribution in [0.25, 0.3) is 0 Å². The van der Waals surface area contributed by atoms with Crippen molar-refractivity contribution in [3.63, 3.8) is 0 Å². The average molecular weight is 159 g/mol. The lowest BCUT2D eigenvalue weighted by molar-refractivity contribution is -0.109. The zero-order valence-electron chi connectivity index (χ0n) is 6.55. The Morgan fingerprint density at radius 1 is 1.33 bits per heavy atom. The molecule has 12 heavy (non-hydrogen) atoms. The summed E-state index contributed by atoms with van der Waals surface area (Å²) in [4.78, 5) is 12.5. The van der Waals surface area contributed by atoms with Gasteiger partial charge in [0.05, 0.1) is 0 Å². The van der Waals surface area contributed by atoms with Crippen LogP contribution in [0.2, 0.25) is 0 Å². The highest BCUT2D eigenvalue weighted by Crippen LogP contribution is 2.20. The van der Waals surface area contributed by atoms with Crippen molar-refractivity contribution in [2.24, 2.45) is 0 Å². The SMILES string of the molecule is O=CC1C=CC2=CC=CC=CN21. The van der Waals surface area contributed by atoms with Crippen molar-refractivity contribution in [2.75, 3.05) is 0 Å². The van der Waals surface area contributed by atoms with Crippen LogP contribution in [-0.2, 0) is 4.79 Å². The van der Waals surface area contributed by atoms with Gasteiger partial charge in [0, 0.05) is 11.9 Å². The fraction of sp³-hybridized carbons (Fsp3) is 0.100. The van der Waals surface area contributed by atoms with Gasteiger partial charge in [0.2, 0.25) is 0 Å². The molecule has 60 valence electrons. The second kappa shape index (κ2) is 2.81. The summed E-state index contributed by atoms with van der Waals surface area (Å²) in [6.45, 7) is 0. The van der Waals surface area contributed by atoms with Crippen LogP contribution in [-0.4, -0.2) is 17.2 Å². The van der Waals surface area contributed by atoms with E-state index in [0.29, 0.717) is 0 Å². The van der Waals surface area contributed by atoms with E-state index in [1.807, 2.05) is 47.6 Å². The maximum absolute atomic E-state index is 10.6. The molecule has 0 aliphatic carbocycles. The Morgan fingerprint density at radius 3 is 3.08 bits per heavy atom. The van der Waals surface area contributed by atoms with Crippen LogP contribution >= 0.6 is 0 Å². The van der Waals surface area contributed by atoms with Gasteiger partial charge in [-0.3, -0.25) is 0 Å². The maximum atomic E-state index is 10.6. The second-order valence-electron chi connectivity index (χ2n) is 2.71. The van der Waals surface area contributed by atoms with Crippen molar-refractivity contribution in [3.05, 3.63) is 48.4 Å². The summed E-state index contributed by atoms with van der Waals surface area (Å²) < 4.78 is 0. The topological polar surface area (TPSA) is 20.3 Å². The van der Waals surface area contributed by atoms with Crippen molar-refractivity contribution in [2.45, 2.75) is 6.04 Å². The van der Waals surface area contributed by atoms with Crippen LogP contribution in [0.4, 0.5) is 0 Å². The highest BCUT2D eigenvalue weighted by Gasteiger charge is 2.19. The molecule has 0 amide bonds. The first-order valence-corrected chi connectivity index (χ1v) is 3.89. The fourth-order valence-corrected chi connectivity index (χ4v) is 1.35. The van der Waals surface area contributed by atoms with Crippen LogP contribution < -0.4 is 0 Å². The van der Waals surface area contributed by atoms with Gasteiger partial charge in [-0.1, -0.05) is 18.2 Å². The van der Waals surface area contributed by atoms with Crippen LogP contribution in [0.5, 0.6) is 0 Å². The molecule has 0 fully saturated rings. The Morgan fingerprint density at radius 2 is 2.25 bits per heavy atom. The predicted molar refractivity (Wildman–Crippen MR) is 47.2 cm³/mol. The highest BCUT2D eigenvalue weighted by atomic mass is 16.1. The van der Waals surface area contributed by atoms with Gasteiger partial charge in [-0.2, -0.15) is 0 Å². The average Bonchev–Trinajstić information content (AvgIpc) is 2.33. The molecule has 2 heteroatoms. The highest BCUT2D eigenvalue weighted by molar-refractivity contribution is 5.65. The molecule has 0 saturated heterocycles. The first-order chi connectivity index (χ1) is 5.92. The van der Waals surface area contributed by atoms with Crippen molar-refractivity contribution in [1.82, 2.24) is 4.90 Å². The molecule has 0 spiro atoms. The monoisotopic (exact) mass is 159 g/mol. The molecule has 2 heterocycles. The van der Waals surface area contributed by atoms with E-state index in [1.54, 1.807) is 0 Å². The molecule has 2 aliphatic rings. The number of carbonyl (C=O) groups excluding carboxylic acids is 1. The molecule has 0 bridgehead atoms. The van der Waals surface area contributed by atoms with Gasteiger partial charge in [-0.15, -0.1) is 0 Å². The molecule has 1 atom stereocenters. The summed E-state index contributed by atoms with van der Waals surface area (Å²) in [6.07, 6.45) is 14.5. The van der Waals surface area contributed by atoms with Gasteiger partial charge < -0.3 is 9.69 Å². The van der Waals surface area contributed by atoms with Gasteiger partial charge in [0.1, 0.15) is 12.3 Å². The van der Waals surface area contributed by atoms with Gasteiger partial charge in [-0.05, 0) is 18.2 Å². The standard InChI is InChI=1S/C10H9NO/c12-8-10-6-5-9-4-2-1-3-7-11(9)10/h1-8,10H. The summed E-state index contributed by atoms with van der Waals surface area (Å²) in [5.41, 5.74) is 1.07. The quantitative estimate of drug-likeness (QED) is 0.539. The zero-order valence-corrected chi connectivity index (χ0v) is 6.55. The largest absolute Gasteiger partial charge is 0.334 e. The van der Waals surface area contributed by atoms with Gasteiger partial charge in [-0.25, -0.2) is 0 Å². The molecule has 1 unspecified atom stereocenters. The molecule has 0 aromatic carbocycles. The number of allylic oxidation sites excluding steroid dienone is 5. The molecule has 2 aliphatic heterocycles. The minimum atomic E-state index is -0.118. The third-order valence-corrected chi connectivity index (χ3v) is 1.96. The Hall–Kier alpha value is -1.57. The van der Waals surface area contributed by atoms with E-state index in [1.165, 1.54) is 0 Å². The van der Waals surface area contributed by atoms with E-state index in [4.69, 9.17) is 0 Å². The Labute approximate surface area is 71.2 Å². The van der Waals surface area contributed by atoms with E-state index in [-0.39, 0.29) is 6.04 Å². The third-order valence-electron chi connectivity index (χ3n) is 1.96. The minimum Gasteiger partial charge on any atom is -0.334 e. The number of fused-ring (bicyclic) bond motifs is 1. The Balaban J connectivity index is 2.35. The number of rotatable bonds is 1. The van der Waals surface area contributed by atoms with Gasteiger partial charge in [0.25, 0.3) is 0 Å². The molecular weight excluding hydrogens is 150 g/mol. The molecule has 2 nitrogen and oxygen atoms in total. The zero-order chi connectivity index (χ0) is 8.39. The second-order valence-corrected chi connectivity index (χ2v) is 2.71. The van der Waals surface area contributed by atoms with Crippen molar-refractivity contribution >= 4 is 6.29 Å². The first-order valence-electron chi connectivity index (χ1n) is 3.89. The lowest BCUT2D eigenvalue weighted by Crippen LogP contribution is -2.24. The number of nitrogens with zero attached hydrogens (tertiary/aromatic N) is 1. The van der Waals surface area contributed by atoms with Crippen molar-refractivity contribution in [1.29, 1.82) is 0 Å². The lowest BCUT2D eigenvalue weighted by Gasteiger charge is -2.18. The normalized spacial score (nSPS) is 25.2. The minimum absolute atomic E-state index is 0.118. The molecule has 0 saturated carbocycles. The van der Waals surface area contributed by atoms with Crippen LogP contribution in [0.15, 0.2) is 48.4 Å². The van der Waals surface area contributed by atoms with E-state index >= 15 is 0 Å². The number of carbonyl (C=O) groups is 1. The molecular formula is C10H9NO. The van der Waals surface area contributed by atoms with Crippen molar-refractivity contribution in [3.8, 4) is 0 Å². The van der Waals surface area contributed by atoms with E-state index < -0.39 is 0 Å². The number of aldehydes is 1. The molecule has 2 rings (SSSR count). The van der Waals surface area contributed by atoms with E-state index in [2.05, 4.69) is 0 Å². The van der Waals surface area contributed by atoms with Crippen LogP contribution in [0, 0.1) is 0 Å². The summed E-state index contributed by atoms with van der Waals surface area (Å²) in [7, 11) is 0. The maximum Gasteiger partial charge on any atom is 0.146 e. The summed E-state index contributed by atoms with van der Waals surface area (Å²) in [5, 5.41) is 0. The van der Waals surface area contributed by atoms with Crippen LogP contribution in [0.3, 0.4) is 0 Å². The summed E-state index contributed by atoms with van der Waals surface area (Å²) in [6, 6.07) is -0.118.